The molecule has 0 saturated carbocycles. The van der Waals surface area contributed by atoms with E-state index in [1.54, 1.807) is 4.90 Å². The number of carbonyl (C=O) groups excluding carboxylic acids is 1. The number of fused-ring (bicyclic) bond motifs is 2. The quantitative estimate of drug-likeness (QED) is 0.911. The van der Waals surface area contributed by atoms with E-state index in [2.05, 4.69) is 4.90 Å². The van der Waals surface area contributed by atoms with Gasteiger partial charge in [0.15, 0.2) is 0 Å². The van der Waals surface area contributed by atoms with Crippen molar-refractivity contribution in [3.8, 4) is 0 Å². The number of carboxylic acids is 1. The smallest absolute Gasteiger partial charge is 0.410 e. The van der Waals surface area contributed by atoms with E-state index < -0.39 is 23.2 Å². The van der Waals surface area contributed by atoms with Gasteiger partial charge >= 0.3 is 12.1 Å². The van der Waals surface area contributed by atoms with E-state index >= 15 is 0 Å². The van der Waals surface area contributed by atoms with Crippen LogP contribution < -0.4 is 0 Å². The van der Waals surface area contributed by atoms with Crippen molar-refractivity contribution in [2.45, 2.75) is 57.3 Å². The van der Waals surface area contributed by atoms with E-state index in [-0.39, 0.29) is 12.6 Å². The Morgan fingerprint density at radius 1 is 1.28 bits per heavy atom. The Kier molecular flexibility index (Phi) is 4.49. The second-order valence-corrected chi connectivity index (χ2v) is 8.00. The maximum absolute atomic E-state index is 12.5. The molecule has 0 radical (unpaired) electrons. The van der Waals surface area contributed by atoms with Crippen LogP contribution in [0, 0.1) is 0 Å². The van der Waals surface area contributed by atoms with Crippen molar-refractivity contribution < 1.29 is 19.4 Å². The van der Waals surface area contributed by atoms with Gasteiger partial charge in [-0.15, -0.1) is 0 Å². The van der Waals surface area contributed by atoms with Crippen molar-refractivity contribution in [3.63, 3.8) is 0 Å². The summed E-state index contributed by atoms with van der Waals surface area (Å²) >= 11 is 0. The number of piperazine rings is 1. The molecule has 1 aromatic carbocycles. The summed E-state index contributed by atoms with van der Waals surface area (Å²) in [7, 11) is 0. The minimum absolute atomic E-state index is 0.0394. The van der Waals surface area contributed by atoms with E-state index in [9.17, 15) is 14.7 Å². The summed E-state index contributed by atoms with van der Waals surface area (Å²) < 4.78 is 5.46. The standard InChI is InChI=1S/C19H26N2O4/c1-18(2,3)25-17(24)20-12-15-9-10-19(13-20,16(22)23)21(15)11-14-7-5-4-6-8-14/h4-8,15H,9-13H2,1-3H3,(H,22,23). The molecule has 0 aliphatic carbocycles. The fraction of sp³-hybridized carbons (Fsp3) is 0.579. The Hall–Kier alpha value is -2.08. The predicted molar refractivity (Wildman–Crippen MR) is 93.2 cm³/mol. The molecule has 0 spiro atoms. The molecule has 2 saturated heterocycles. The highest BCUT2D eigenvalue weighted by atomic mass is 16.6. The number of hydrogen-bond acceptors (Lipinski definition) is 4. The number of amides is 1. The number of aliphatic carboxylic acids is 1. The van der Waals surface area contributed by atoms with Crippen molar-refractivity contribution in [2.75, 3.05) is 13.1 Å². The van der Waals surface area contributed by atoms with Crippen molar-refractivity contribution in [2.24, 2.45) is 0 Å². The molecule has 1 N–H and O–H groups in total. The van der Waals surface area contributed by atoms with Gasteiger partial charge in [0.25, 0.3) is 0 Å². The van der Waals surface area contributed by atoms with Crippen LogP contribution in [0.25, 0.3) is 0 Å². The summed E-state index contributed by atoms with van der Waals surface area (Å²) in [5.74, 6) is -0.862. The number of ether oxygens (including phenoxy) is 1. The summed E-state index contributed by atoms with van der Waals surface area (Å²) in [5, 5.41) is 9.98. The van der Waals surface area contributed by atoms with Crippen LogP contribution in [-0.2, 0) is 16.1 Å². The summed E-state index contributed by atoms with van der Waals surface area (Å²) in [5.41, 5.74) is -0.533. The van der Waals surface area contributed by atoms with Crippen molar-refractivity contribution in [3.05, 3.63) is 35.9 Å². The van der Waals surface area contributed by atoms with Crippen molar-refractivity contribution in [1.82, 2.24) is 9.80 Å². The minimum atomic E-state index is -1.03. The lowest BCUT2D eigenvalue weighted by atomic mass is 9.94. The van der Waals surface area contributed by atoms with Gasteiger partial charge in [0.05, 0.1) is 6.54 Å². The first-order chi connectivity index (χ1) is 11.7. The topological polar surface area (TPSA) is 70.1 Å². The zero-order valence-corrected chi connectivity index (χ0v) is 15.1. The van der Waals surface area contributed by atoms with Crippen LogP contribution in [0.1, 0.15) is 39.2 Å². The van der Waals surface area contributed by atoms with E-state index in [1.807, 2.05) is 51.1 Å². The van der Waals surface area contributed by atoms with E-state index in [4.69, 9.17) is 4.74 Å². The molecule has 1 aromatic rings. The zero-order chi connectivity index (χ0) is 18.2. The highest BCUT2D eigenvalue weighted by molar-refractivity contribution is 5.81. The third-order valence-electron chi connectivity index (χ3n) is 5.01. The Labute approximate surface area is 148 Å². The zero-order valence-electron chi connectivity index (χ0n) is 15.1. The van der Waals surface area contributed by atoms with Gasteiger partial charge in [0.1, 0.15) is 11.1 Å². The van der Waals surface area contributed by atoms with Gasteiger partial charge in [-0.05, 0) is 39.2 Å². The van der Waals surface area contributed by atoms with Crippen LogP contribution >= 0.6 is 0 Å². The SMILES string of the molecule is CC(C)(C)OC(=O)N1CC2CCC(C(=O)O)(C1)N2Cc1ccccc1. The molecule has 2 unspecified atom stereocenters. The van der Waals surface area contributed by atoms with E-state index in [1.165, 1.54) is 0 Å². The number of benzene rings is 1. The Balaban J connectivity index is 1.82. The molecule has 136 valence electrons. The first-order valence-corrected chi connectivity index (χ1v) is 8.73. The second-order valence-electron chi connectivity index (χ2n) is 8.00. The van der Waals surface area contributed by atoms with Crippen LogP contribution in [0.3, 0.4) is 0 Å². The van der Waals surface area contributed by atoms with Crippen LogP contribution in [0.2, 0.25) is 0 Å². The Bertz CT molecular complexity index is 655. The van der Waals surface area contributed by atoms with Gasteiger partial charge in [-0.25, -0.2) is 4.79 Å². The number of carbonyl (C=O) groups is 2. The molecule has 2 bridgehead atoms. The molecule has 3 rings (SSSR count). The lowest BCUT2D eigenvalue weighted by Crippen LogP contribution is -2.65. The number of hydrogen-bond donors (Lipinski definition) is 1. The second kappa shape index (κ2) is 6.33. The third kappa shape index (κ3) is 3.49. The molecule has 0 aromatic heterocycles. The highest BCUT2D eigenvalue weighted by Gasteiger charge is 2.57. The molecule has 2 aliphatic heterocycles. The monoisotopic (exact) mass is 346 g/mol. The summed E-state index contributed by atoms with van der Waals surface area (Å²) in [6, 6.07) is 9.93. The molecular weight excluding hydrogens is 320 g/mol. The molecule has 25 heavy (non-hydrogen) atoms. The Morgan fingerprint density at radius 2 is 1.96 bits per heavy atom. The average molecular weight is 346 g/mol. The number of rotatable bonds is 3. The van der Waals surface area contributed by atoms with Crippen molar-refractivity contribution in [1.29, 1.82) is 0 Å². The van der Waals surface area contributed by atoms with Crippen LogP contribution in [0.5, 0.6) is 0 Å². The van der Waals surface area contributed by atoms with Crippen LogP contribution in [-0.4, -0.2) is 57.2 Å². The molecule has 6 nitrogen and oxygen atoms in total. The highest BCUT2D eigenvalue weighted by Crippen LogP contribution is 2.40. The summed E-state index contributed by atoms with van der Waals surface area (Å²) in [6.07, 6.45) is 0.904. The van der Waals surface area contributed by atoms with E-state index in [0.29, 0.717) is 19.5 Å². The van der Waals surface area contributed by atoms with Crippen molar-refractivity contribution >= 4 is 12.1 Å². The van der Waals surface area contributed by atoms with Gasteiger partial charge in [0.2, 0.25) is 0 Å². The molecule has 6 heteroatoms. The largest absolute Gasteiger partial charge is 0.480 e. The summed E-state index contributed by atoms with van der Waals surface area (Å²) in [4.78, 5) is 28.3. The molecule has 1 amide bonds. The lowest BCUT2D eigenvalue weighted by Gasteiger charge is -2.46. The first kappa shape index (κ1) is 17.7. The molecule has 2 atom stereocenters. The molecule has 2 heterocycles. The third-order valence-corrected chi connectivity index (χ3v) is 5.01. The molecule has 2 fully saturated rings. The predicted octanol–water partition coefficient (Wildman–Crippen LogP) is 2.73. The number of likely N-dealkylation sites (tertiary alicyclic amines) is 1. The van der Waals surface area contributed by atoms with E-state index in [0.717, 1.165) is 12.0 Å². The Morgan fingerprint density at radius 3 is 2.56 bits per heavy atom. The van der Waals surface area contributed by atoms with Gasteiger partial charge in [0, 0.05) is 19.1 Å². The molecular formula is C19H26N2O4. The summed E-state index contributed by atoms with van der Waals surface area (Å²) in [6.45, 7) is 6.71. The van der Waals surface area contributed by atoms with Crippen LogP contribution in [0.15, 0.2) is 30.3 Å². The van der Waals surface area contributed by atoms with Crippen LogP contribution in [0.4, 0.5) is 4.79 Å². The normalized spacial score (nSPS) is 26.5. The first-order valence-electron chi connectivity index (χ1n) is 8.73. The minimum Gasteiger partial charge on any atom is -0.480 e. The number of nitrogens with zero attached hydrogens (tertiary/aromatic N) is 2. The lowest BCUT2D eigenvalue weighted by molar-refractivity contribution is -0.155. The van der Waals surface area contributed by atoms with Gasteiger partial charge in [-0.2, -0.15) is 0 Å². The van der Waals surface area contributed by atoms with Gasteiger partial charge in [-0.1, -0.05) is 30.3 Å². The molecule has 2 aliphatic rings. The maximum atomic E-state index is 12.5. The number of carboxylic acid groups (broad SMARTS) is 1. The maximum Gasteiger partial charge on any atom is 0.410 e. The fourth-order valence-electron chi connectivity index (χ4n) is 3.87. The average Bonchev–Trinajstić information content (AvgIpc) is 2.74. The van der Waals surface area contributed by atoms with Gasteiger partial charge in [-0.3, -0.25) is 9.69 Å². The fourth-order valence-corrected chi connectivity index (χ4v) is 3.87. The van der Waals surface area contributed by atoms with Gasteiger partial charge < -0.3 is 14.7 Å².